The van der Waals surface area contributed by atoms with Gasteiger partial charge in [-0.05, 0) is 78.3 Å². The molecule has 4 rings (SSSR count). The molecule has 0 spiro atoms. The van der Waals surface area contributed by atoms with Crippen LogP contribution in [0.25, 0.3) is 11.1 Å². The predicted octanol–water partition coefficient (Wildman–Crippen LogP) is 3.81. The van der Waals surface area contributed by atoms with Crippen molar-refractivity contribution in [2.45, 2.75) is 45.1 Å². The molecule has 1 aromatic heterocycles. The lowest BCUT2D eigenvalue weighted by molar-refractivity contribution is -0.121. The zero-order valence-corrected chi connectivity index (χ0v) is 24.5. The Balaban J connectivity index is 1.55. The maximum absolute atomic E-state index is 13.4. The fourth-order valence-electron chi connectivity index (χ4n) is 5.31. The number of methoxy groups -OCH3 is 3. The molecule has 1 atom stereocenters. The zero-order chi connectivity index (χ0) is 30.1. The van der Waals surface area contributed by atoms with Crippen LogP contribution >= 0.6 is 0 Å². The number of hydrogen-bond acceptors (Lipinski definition) is 8. The number of hydrogen-bond donors (Lipinski definition) is 3. The third-order valence-electron chi connectivity index (χ3n) is 7.30. The SMILES string of the molecule is COc1cc2c(c(OC)c1OC)-c1ccc(NCCCC(=O)NCCc3ccncc3)c(=O)cc1C(NC(C)=O)CC2. The molecule has 10 nitrogen and oxygen atoms in total. The normalized spacial score (nSPS) is 13.6. The summed E-state index contributed by atoms with van der Waals surface area (Å²) in [6.07, 6.45) is 6.31. The van der Waals surface area contributed by atoms with E-state index in [-0.39, 0.29) is 23.3 Å². The monoisotopic (exact) mass is 574 g/mol. The largest absolute Gasteiger partial charge is 0.493 e. The van der Waals surface area contributed by atoms with Crippen molar-refractivity contribution in [3.8, 4) is 28.4 Å². The average Bonchev–Trinajstić information content (AvgIpc) is 3.23. The first-order valence-corrected chi connectivity index (χ1v) is 14.0. The number of ether oxygens (including phenoxy) is 3. The number of fused-ring (bicyclic) bond motifs is 3. The van der Waals surface area contributed by atoms with E-state index in [0.29, 0.717) is 67.3 Å². The summed E-state index contributed by atoms with van der Waals surface area (Å²) in [5, 5.41) is 9.14. The maximum atomic E-state index is 13.4. The van der Waals surface area contributed by atoms with Crippen LogP contribution < -0.4 is 35.6 Å². The number of pyridine rings is 1. The van der Waals surface area contributed by atoms with Gasteiger partial charge in [0, 0.05) is 44.4 Å². The van der Waals surface area contributed by atoms with Crippen molar-refractivity contribution in [3.63, 3.8) is 0 Å². The summed E-state index contributed by atoms with van der Waals surface area (Å²) in [5.41, 5.74) is 4.52. The van der Waals surface area contributed by atoms with Crippen LogP contribution in [0, 0.1) is 0 Å². The highest BCUT2D eigenvalue weighted by Crippen LogP contribution is 2.50. The van der Waals surface area contributed by atoms with E-state index in [2.05, 4.69) is 20.9 Å². The minimum absolute atomic E-state index is 0.0373. The lowest BCUT2D eigenvalue weighted by Gasteiger charge is -2.19. The van der Waals surface area contributed by atoms with E-state index in [1.165, 1.54) is 6.92 Å². The van der Waals surface area contributed by atoms with Crippen LogP contribution in [0.2, 0.25) is 0 Å². The summed E-state index contributed by atoms with van der Waals surface area (Å²) in [5.74, 6) is 1.27. The first-order valence-electron chi connectivity index (χ1n) is 14.0. The molecular weight excluding hydrogens is 536 g/mol. The molecule has 3 N–H and O–H groups in total. The van der Waals surface area contributed by atoms with Crippen molar-refractivity contribution in [1.29, 1.82) is 0 Å². The summed E-state index contributed by atoms with van der Waals surface area (Å²) in [7, 11) is 4.69. The third kappa shape index (κ3) is 7.18. The summed E-state index contributed by atoms with van der Waals surface area (Å²) in [6, 6.07) is 10.6. The highest BCUT2D eigenvalue weighted by Gasteiger charge is 2.29. The van der Waals surface area contributed by atoms with Crippen LogP contribution in [0.4, 0.5) is 5.69 Å². The standard InChI is InChI=1S/C32H38N4O6/c1-20(37)36-25-9-7-22-18-28(40-2)31(41-3)32(42-4)30(22)23-8-10-26(27(38)19-24(23)25)34-14-5-6-29(39)35-17-13-21-11-15-33-16-12-21/h8,10-12,15-16,18-19,25H,5-7,9,13-14,17H2,1-4H3,(H,34,38)(H,35,39)(H,36,37). The second-order valence-electron chi connectivity index (χ2n) is 10.1. The van der Waals surface area contributed by atoms with E-state index in [4.69, 9.17) is 14.2 Å². The van der Waals surface area contributed by atoms with E-state index in [9.17, 15) is 14.4 Å². The van der Waals surface area contributed by atoms with Crippen LogP contribution in [-0.2, 0) is 22.4 Å². The highest BCUT2D eigenvalue weighted by atomic mass is 16.5. The van der Waals surface area contributed by atoms with E-state index in [1.807, 2.05) is 24.3 Å². The lowest BCUT2D eigenvalue weighted by Crippen LogP contribution is -2.26. The number of amides is 2. The molecular formula is C32H38N4O6. The van der Waals surface area contributed by atoms with Crippen molar-refractivity contribution in [3.05, 3.63) is 75.7 Å². The molecule has 42 heavy (non-hydrogen) atoms. The summed E-state index contributed by atoms with van der Waals surface area (Å²) >= 11 is 0. The minimum Gasteiger partial charge on any atom is -0.493 e. The van der Waals surface area contributed by atoms with E-state index in [0.717, 1.165) is 28.7 Å². The molecule has 3 aromatic rings. The molecule has 0 saturated heterocycles. The number of rotatable bonds is 12. The van der Waals surface area contributed by atoms with E-state index < -0.39 is 0 Å². The van der Waals surface area contributed by atoms with Gasteiger partial charge < -0.3 is 30.2 Å². The first-order chi connectivity index (χ1) is 20.4. The smallest absolute Gasteiger partial charge is 0.220 e. The van der Waals surface area contributed by atoms with Gasteiger partial charge in [0.2, 0.25) is 23.0 Å². The third-order valence-corrected chi connectivity index (χ3v) is 7.30. The Labute approximate surface area is 245 Å². The Morgan fingerprint density at radius 3 is 2.43 bits per heavy atom. The Bertz CT molecular complexity index is 1480. The molecule has 2 aromatic carbocycles. The molecule has 0 bridgehead atoms. The second-order valence-corrected chi connectivity index (χ2v) is 10.1. The Morgan fingerprint density at radius 1 is 0.976 bits per heavy atom. The van der Waals surface area contributed by atoms with Gasteiger partial charge in [-0.15, -0.1) is 0 Å². The number of nitrogens with one attached hydrogen (secondary N) is 3. The molecule has 1 unspecified atom stereocenters. The molecule has 10 heteroatoms. The van der Waals surface area contributed by atoms with Gasteiger partial charge in [-0.2, -0.15) is 0 Å². The predicted molar refractivity (Wildman–Crippen MR) is 161 cm³/mol. The highest BCUT2D eigenvalue weighted by molar-refractivity contribution is 5.83. The van der Waals surface area contributed by atoms with E-state index in [1.54, 1.807) is 45.9 Å². The molecule has 1 aliphatic rings. The Hall–Kier alpha value is -4.60. The number of nitrogens with zero attached hydrogens (tertiary/aromatic N) is 1. The second kappa shape index (κ2) is 14.3. The van der Waals surface area contributed by atoms with Gasteiger partial charge >= 0.3 is 0 Å². The van der Waals surface area contributed by atoms with Gasteiger partial charge in [0.15, 0.2) is 11.5 Å². The topological polar surface area (TPSA) is 128 Å². The van der Waals surface area contributed by atoms with Crippen molar-refractivity contribution in [1.82, 2.24) is 15.6 Å². The number of benzene rings is 1. The number of carbonyl (C=O) groups excluding carboxylic acids is 2. The molecule has 0 saturated carbocycles. The van der Waals surface area contributed by atoms with Gasteiger partial charge in [-0.1, -0.05) is 6.07 Å². The molecule has 1 aliphatic carbocycles. The number of aryl methyl sites for hydroxylation is 1. The van der Waals surface area contributed by atoms with Crippen molar-refractivity contribution in [2.75, 3.05) is 39.7 Å². The Kier molecular flexibility index (Phi) is 10.4. The van der Waals surface area contributed by atoms with Gasteiger partial charge in [-0.3, -0.25) is 19.4 Å². The van der Waals surface area contributed by atoms with Crippen molar-refractivity contribution in [2.24, 2.45) is 0 Å². The molecule has 0 radical (unpaired) electrons. The molecule has 1 heterocycles. The van der Waals surface area contributed by atoms with Gasteiger partial charge in [0.05, 0.1) is 33.1 Å². The van der Waals surface area contributed by atoms with Crippen molar-refractivity contribution < 1.29 is 23.8 Å². The van der Waals surface area contributed by atoms with Gasteiger partial charge in [-0.25, -0.2) is 0 Å². The maximum Gasteiger partial charge on any atom is 0.220 e. The quantitative estimate of drug-likeness (QED) is 0.279. The zero-order valence-electron chi connectivity index (χ0n) is 24.5. The van der Waals surface area contributed by atoms with E-state index >= 15 is 0 Å². The lowest BCUT2D eigenvalue weighted by atomic mass is 9.95. The molecule has 0 aliphatic heterocycles. The van der Waals surface area contributed by atoms with Crippen molar-refractivity contribution >= 4 is 17.5 Å². The summed E-state index contributed by atoms with van der Waals surface area (Å²) < 4.78 is 17.0. The summed E-state index contributed by atoms with van der Waals surface area (Å²) in [4.78, 5) is 41.8. The van der Waals surface area contributed by atoms with Crippen LogP contribution in [-0.4, -0.2) is 51.2 Å². The number of carbonyl (C=O) groups is 2. The first kappa shape index (κ1) is 30.4. The molecule has 2 amide bonds. The average molecular weight is 575 g/mol. The van der Waals surface area contributed by atoms with Crippen LogP contribution in [0.1, 0.15) is 48.9 Å². The fourth-order valence-corrected chi connectivity index (χ4v) is 5.31. The minimum atomic E-state index is -0.379. The van der Waals surface area contributed by atoms with Crippen LogP contribution in [0.3, 0.4) is 0 Å². The van der Waals surface area contributed by atoms with Crippen LogP contribution in [0.5, 0.6) is 17.2 Å². The molecule has 222 valence electrons. The van der Waals surface area contributed by atoms with Gasteiger partial charge in [0.1, 0.15) is 0 Å². The van der Waals surface area contributed by atoms with Crippen LogP contribution in [0.15, 0.2) is 53.6 Å². The number of anilines is 1. The molecule has 0 fully saturated rings. The Morgan fingerprint density at radius 2 is 1.74 bits per heavy atom. The fraction of sp³-hybridized carbons (Fsp3) is 0.375. The summed E-state index contributed by atoms with van der Waals surface area (Å²) in [6.45, 7) is 2.47. The van der Waals surface area contributed by atoms with Gasteiger partial charge in [0.25, 0.3) is 0 Å². The number of aromatic nitrogens is 1.